The number of aliphatic carboxylic acids is 1. The quantitative estimate of drug-likeness (QED) is 0.711. The fourth-order valence-corrected chi connectivity index (χ4v) is 1.04. The van der Waals surface area contributed by atoms with Crippen LogP contribution in [0, 0.1) is 0 Å². The van der Waals surface area contributed by atoms with Crippen LogP contribution in [-0.2, 0) is 4.79 Å². The highest BCUT2D eigenvalue weighted by Gasteiger charge is 2.42. The van der Waals surface area contributed by atoms with Crippen molar-refractivity contribution in [2.75, 3.05) is 19.6 Å². The van der Waals surface area contributed by atoms with Crippen molar-refractivity contribution in [3.8, 4) is 0 Å². The number of alkyl halides is 2. The SMILES string of the molecule is Cl.O=C(O)C=CCN1CC(F)(F)C1. The van der Waals surface area contributed by atoms with E-state index in [4.69, 9.17) is 5.11 Å². The molecule has 1 aliphatic rings. The van der Waals surface area contributed by atoms with Gasteiger partial charge in [0, 0.05) is 12.6 Å². The van der Waals surface area contributed by atoms with Gasteiger partial charge in [-0.1, -0.05) is 6.08 Å². The maximum absolute atomic E-state index is 12.2. The third-order valence-electron chi connectivity index (χ3n) is 1.53. The Morgan fingerprint density at radius 2 is 2.08 bits per heavy atom. The van der Waals surface area contributed by atoms with Crippen molar-refractivity contribution in [3.05, 3.63) is 12.2 Å². The van der Waals surface area contributed by atoms with Crippen molar-refractivity contribution in [1.29, 1.82) is 0 Å². The maximum atomic E-state index is 12.2. The van der Waals surface area contributed by atoms with Crippen LogP contribution in [0.15, 0.2) is 12.2 Å². The first-order valence-corrected chi connectivity index (χ1v) is 3.49. The molecule has 1 aliphatic heterocycles. The van der Waals surface area contributed by atoms with Gasteiger partial charge in [-0.3, -0.25) is 4.90 Å². The number of carbonyl (C=O) groups is 1. The Morgan fingerprint density at radius 1 is 1.54 bits per heavy atom. The molecule has 0 radical (unpaired) electrons. The molecule has 13 heavy (non-hydrogen) atoms. The van der Waals surface area contributed by atoms with Crippen LogP contribution in [0.25, 0.3) is 0 Å². The molecule has 0 atom stereocenters. The zero-order valence-electron chi connectivity index (χ0n) is 6.74. The molecule has 0 aromatic heterocycles. The Labute approximate surface area is 80.4 Å². The fraction of sp³-hybridized carbons (Fsp3) is 0.571. The van der Waals surface area contributed by atoms with Crippen LogP contribution in [0.1, 0.15) is 0 Å². The van der Waals surface area contributed by atoms with Crippen LogP contribution in [0.3, 0.4) is 0 Å². The molecule has 1 rings (SSSR count). The van der Waals surface area contributed by atoms with Gasteiger partial charge in [-0.25, -0.2) is 13.6 Å². The van der Waals surface area contributed by atoms with E-state index in [-0.39, 0.29) is 32.0 Å². The number of halogens is 3. The number of hydrogen-bond acceptors (Lipinski definition) is 2. The summed E-state index contributed by atoms with van der Waals surface area (Å²) in [7, 11) is 0. The average molecular weight is 214 g/mol. The fourth-order valence-electron chi connectivity index (χ4n) is 1.04. The predicted octanol–water partition coefficient (Wildman–Crippen LogP) is 1.000. The van der Waals surface area contributed by atoms with E-state index in [0.29, 0.717) is 0 Å². The van der Waals surface area contributed by atoms with Crippen molar-refractivity contribution < 1.29 is 18.7 Å². The van der Waals surface area contributed by atoms with Crippen molar-refractivity contribution in [2.24, 2.45) is 0 Å². The third kappa shape index (κ3) is 4.19. The summed E-state index contributed by atoms with van der Waals surface area (Å²) in [5, 5.41) is 8.17. The molecular weight excluding hydrogens is 204 g/mol. The Kier molecular flexibility index (Phi) is 4.29. The second kappa shape index (κ2) is 4.53. The number of carboxylic acid groups (broad SMARTS) is 1. The van der Waals surface area contributed by atoms with Crippen LogP contribution in [0.2, 0.25) is 0 Å². The summed E-state index contributed by atoms with van der Waals surface area (Å²) in [6.45, 7) is -0.254. The Balaban J connectivity index is 0.00000144. The highest BCUT2D eigenvalue weighted by molar-refractivity contribution is 5.85. The maximum Gasteiger partial charge on any atom is 0.328 e. The first kappa shape index (κ1) is 12.3. The first-order valence-electron chi connectivity index (χ1n) is 3.49. The molecule has 76 valence electrons. The van der Waals surface area contributed by atoms with Crippen LogP contribution in [0.5, 0.6) is 0 Å². The first-order chi connectivity index (χ1) is 5.49. The molecule has 0 bridgehead atoms. The molecule has 0 unspecified atom stereocenters. The molecule has 0 spiro atoms. The topological polar surface area (TPSA) is 40.5 Å². The van der Waals surface area contributed by atoms with Gasteiger partial charge in [0.2, 0.25) is 0 Å². The van der Waals surface area contributed by atoms with Crippen molar-refractivity contribution in [2.45, 2.75) is 5.92 Å². The van der Waals surface area contributed by atoms with Crippen LogP contribution < -0.4 is 0 Å². The molecule has 0 aromatic carbocycles. The molecule has 1 saturated heterocycles. The Bertz CT molecular complexity index is 213. The molecule has 1 fully saturated rings. The Morgan fingerprint density at radius 3 is 2.46 bits per heavy atom. The molecule has 1 N–H and O–H groups in total. The standard InChI is InChI=1S/C7H9F2NO2.ClH/c8-7(9)4-10(5-7)3-1-2-6(11)12;/h1-2H,3-5H2,(H,11,12);1H. The molecule has 0 amide bonds. The summed E-state index contributed by atoms with van der Waals surface area (Å²) in [4.78, 5) is 11.4. The minimum absolute atomic E-state index is 0. The van der Waals surface area contributed by atoms with E-state index < -0.39 is 11.9 Å². The lowest BCUT2D eigenvalue weighted by molar-refractivity contribution is -0.131. The predicted molar refractivity (Wildman–Crippen MR) is 45.4 cm³/mol. The van der Waals surface area contributed by atoms with Gasteiger partial charge in [0.1, 0.15) is 0 Å². The van der Waals surface area contributed by atoms with E-state index in [9.17, 15) is 13.6 Å². The molecule has 0 aliphatic carbocycles. The molecule has 3 nitrogen and oxygen atoms in total. The monoisotopic (exact) mass is 213 g/mol. The second-order valence-corrected chi connectivity index (χ2v) is 2.77. The molecule has 0 saturated carbocycles. The van der Waals surface area contributed by atoms with Gasteiger partial charge < -0.3 is 5.11 Å². The van der Waals surface area contributed by atoms with Gasteiger partial charge in [0.05, 0.1) is 13.1 Å². The van der Waals surface area contributed by atoms with Crippen LogP contribution >= 0.6 is 12.4 Å². The van der Waals surface area contributed by atoms with E-state index >= 15 is 0 Å². The van der Waals surface area contributed by atoms with Crippen LogP contribution in [-0.4, -0.2) is 41.5 Å². The van der Waals surface area contributed by atoms with Gasteiger partial charge in [-0.2, -0.15) is 0 Å². The van der Waals surface area contributed by atoms with Crippen molar-refractivity contribution in [1.82, 2.24) is 4.90 Å². The Hall–Kier alpha value is -0.680. The normalized spacial score (nSPS) is 20.8. The lowest BCUT2D eigenvalue weighted by atomic mass is 10.1. The summed E-state index contributed by atoms with van der Waals surface area (Å²) >= 11 is 0. The molecule has 1 heterocycles. The lowest BCUT2D eigenvalue weighted by Gasteiger charge is -2.37. The summed E-state index contributed by atoms with van der Waals surface area (Å²) in [6.07, 6.45) is 2.31. The second-order valence-electron chi connectivity index (χ2n) is 2.77. The summed E-state index contributed by atoms with van der Waals surface area (Å²) in [6, 6.07) is 0. The number of carboxylic acids is 1. The highest BCUT2D eigenvalue weighted by Crippen LogP contribution is 2.25. The minimum atomic E-state index is -2.57. The summed E-state index contributed by atoms with van der Waals surface area (Å²) < 4.78 is 24.4. The van der Waals surface area contributed by atoms with E-state index in [0.717, 1.165) is 6.08 Å². The van der Waals surface area contributed by atoms with E-state index in [1.165, 1.54) is 11.0 Å². The average Bonchev–Trinajstić information content (AvgIpc) is 1.82. The number of hydrogen-bond donors (Lipinski definition) is 1. The van der Waals surface area contributed by atoms with Gasteiger partial charge >= 0.3 is 5.97 Å². The van der Waals surface area contributed by atoms with Crippen molar-refractivity contribution in [3.63, 3.8) is 0 Å². The highest BCUT2D eigenvalue weighted by atomic mass is 35.5. The smallest absolute Gasteiger partial charge is 0.328 e. The van der Waals surface area contributed by atoms with E-state index in [1.54, 1.807) is 0 Å². The van der Waals surface area contributed by atoms with Gasteiger partial charge in [-0.05, 0) is 0 Å². The summed E-state index contributed by atoms with van der Waals surface area (Å²) in [5.74, 6) is -3.63. The van der Waals surface area contributed by atoms with E-state index in [1.807, 2.05) is 0 Å². The summed E-state index contributed by atoms with van der Waals surface area (Å²) in [5.41, 5.74) is 0. The number of nitrogens with zero attached hydrogens (tertiary/aromatic N) is 1. The largest absolute Gasteiger partial charge is 0.478 e. The minimum Gasteiger partial charge on any atom is -0.478 e. The van der Waals surface area contributed by atoms with Gasteiger partial charge in [-0.15, -0.1) is 12.4 Å². The number of likely N-dealkylation sites (tertiary alicyclic amines) is 1. The molecule has 0 aromatic rings. The third-order valence-corrected chi connectivity index (χ3v) is 1.53. The lowest BCUT2D eigenvalue weighted by Crippen LogP contribution is -2.55. The zero-order chi connectivity index (χ0) is 9.19. The van der Waals surface area contributed by atoms with Gasteiger partial charge in [0.25, 0.3) is 5.92 Å². The van der Waals surface area contributed by atoms with E-state index in [2.05, 4.69) is 0 Å². The van der Waals surface area contributed by atoms with Crippen molar-refractivity contribution >= 4 is 18.4 Å². The molecule has 6 heteroatoms. The van der Waals surface area contributed by atoms with Crippen LogP contribution in [0.4, 0.5) is 8.78 Å². The zero-order valence-corrected chi connectivity index (χ0v) is 7.56. The van der Waals surface area contributed by atoms with Gasteiger partial charge in [0.15, 0.2) is 0 Å². The molecular formula is C7H10ClF2NO2. The number of rotatable bonds is 3.